The smallest absolute Gasteiger partial charge is 0.195 e. The van der Waals surface area contributed by atoms with Gasteiger partial charge in [0.05, 0.1) is 0 Å². The lowest BCUT2D eigenvalue weighted by molar-refractivity contribution is 0.680. The van der Waals surface area contributed by atoms with Crippen molar-refractivity contribution < 1.29 is 0 Å². The Balaban J connectivity index is 1.61. The van der Waals surface area contributed by atoms with E-state index in [9.17, 15) is 0 Å². The van der Waals surface area contributed by atoms with E-state index in [0.717, 1.165) is 17.8 Å². The first-order valence-corrected chi connectivity index (χ1v) is 7.13. The van der Waals surface area contributed by atoms with Crippen LogP contribution in [0.15, 0.2) is 35.0 Å². The van der Waals surface area contributed by atoms with E-state index in [1.165, 1.54) is 24.6 Å². The van der Waals surface area contributed by atoms with Gasteiger partial charge in [-0.2, -0.15) is 0 Å². The minimum atomic E-state index is 0.681. The summed E-state index contributed by atoms with van der Waals surface area (Å²) in [6.07, 6.45) is 8.05. The molecule has 0 atom stereocenters. The van der Waals surface area contributed by atoms with E-state index in [4.69, 9.17) is 0 Å². The minimum Gasteiger partial charge on any atom is -0.310 e. The number of hydrogen-bond acceptors (Lipinski definition) is 6. The second kappa shape index (κ2) is 5.63. The van der Waals surface area contributed by atoms with Crippen LogP contribution in [-0.2, 0) is 6.54 Å². The Hall–Kier alpha value is -1.53. The van der Waals surface area contributed by atoms with Crippen molar-refractivity contribution >= 4 is 11.8 Å². The zero-order valence-electron chi connectivity index (χ0n) is 10.7. The van der Waals surface area contributed by atoms with Gasteiger partial charge >= 0.3 is 0 Å². The molecule has 2 aromatic heterocycles. The molecule has 1 aliphatic carbocycles. The van der Waals surface area contributed by atoms with E-state index in [2.05, 4.69) is 25.3 Å². The molecule has 0 bridgehead atoms. The second-order valence-corrected chi connectivity index (χ2v) is 5.55. The molecule has 1 N–H and O–H groups in total. The first kappa shape index (κ1) is 12.5. The van der Waals surface area contributed by atoms with E-state index in [-0.39, 0.29) is 0 Å². The van der Waals surface area contributed by atoms with Crippen molar-refractivity contribution in [2.45, 2.75) is 42.7 Å². The highest BCUT2D eigenvalue weighted by Crippen LogP contribution is 2.21. The Morgan fingerprint density at radius 2 is 2.00 bits per heavy atom. The van der Waals surface area contributed by atoms with E-state index in [1.807, 2.05) is 25.4 Å². The van der Waals surface area contributed by atoms with E-state index < -0.39 is 0 Å². The van der Waals surface area contributed by atoms with Crippen LogP contribution in [0.3, 0.4) is 0 Å². The van der Waals surface area contributed by atoms with Gasteiger partial charge in [-0.1, -0.05) is 0 Å². The molecular formula is C13H15N5S. The van der Waals surface area contributed by atoms with Crippen LogP contribution in [0.2, 0.25) is 0 Å². The summed E-state index contributed by atoms with van der Waals surface area (Å²) in [7, 11) is 0. The zero-order valence-corrected chi connectivity index (χ0v) is 11.5. The Morgan fingerprint density at radius 1 is 1.21 bits per heavy atom. The van der Waals surface area contributed by atoms with Crippen molar-refractivity contribution in [1.82, 2.24) is 25.3 Å². The Kier molecular flexibility index (Phi) is 3.70. The van der Waals surface area contributed by atoms with Crippen molar-refractivity contribution in [2.24, 2.45) is 0 Å². The van der Waals surface area contributed by atoms with Gasteiger partial charge < -0.3 is 5.32 Å². The SMILES string of the molecule is Cc1ccnc(Sc2ncc(CNC3CC3)cn2)n1. The third kappa shape index (κ3) is 3.71. The molecule has 0 radical (unpaired) electrons. The van der Waals surface area contributed by atoms with Crippen molar-refractivity contribution in [3.8, 4) is 0 Å². The highest BCUT2D eigenvalue weighted by molar-refractivity contribution is 7.99. The van der Waals surface area contributed by atoms with Crippen LogP contribution in [-0.4, -0.2) is 26.0 Å². The lowest BCUT2D eigenvalue weighted by Gasteiger charge is -2.03. The molecule has 3 rings (SSSR count). The summed E-state index contributed by atoms with van der Waals surface area (Å²) in [6, 6.07) is 2.58. The zero-order chi connectivity index (χ0) is 13.1. The molecule has 98 valence electrons. The molecule has 1 fully saturated rings. The number of nitrogens with one attached hydrogen (secondary N) is 1. The molecule has 0 amide bonds. The monoisotopic (exact) mass is 273 g/mol. The average Bonchev–Trinajstić information content (AvgIpc) is 3.22. The first-order chi connectivity index (χ1) is 9.29. The summed E-state index contributed by atoms with van der Waals surface area (Å²) in [5, 5.41) is 4.80. The Bertz CT molecular complexity index is 553. The quantitative estimate of drug-likeness (QED) is 0.840. The predicted molar refractivity (Wildman–Crippen MR) is 72.8 cm³/mol. The summed E-state index contributed by atoms with van der Waals surface area (Å²) >= 11 is 1.38. The lowest BCUT2D eigenvalue weighted by atomic mass is 10.3. The summed E-state index contributed by atoms with van der Waals surface area (Å²) in [5.74, 6) is 0. The third-order valence-corrected chi connectivity index (χ3v) is 3.58. The van der Waals surface area contributed by atoms with E-state index in [1.54, 1.807) is 6.20 Å². The van der Waals surface area contributed by atoms with Gasteiger partial charge in [0.1, 0.15) is 0 Å². The molecule has 0 aliphatic heterocycles. The molecule has 0 saturated heterocycles. The number of nitrogens with zero attached hydrogens (tertiary/aromatic N) is 4. The molecule has 6 heteroatoms. The van der Waals surface area contributed by atoms with Gasteiger partial charge in [0.2, 0.25) is 0 Å². The molecule has 1 saturated carbocycles. The fourth-order valence-electron chi connectivity index (χ4n) is 1.59. The molecule has 5 nitrogen and oxygen atoms in total. The Morgan fingerprint density at radius 3 is 2.68 bits per heavy atom. The van der Waals surface area contributed by atoms with Gasteiger partial charge in [0.25, 0.3) is 0 Å². The van der Waals surface area contributed by atoms with Crippen LogP contribution in [0, 0.1) is 6.92 Å². The summed E-state index contributed by atoms with van der Waals surface area (Å²) in [5.41, 5.74) is 2.06. The summed E-state index contributed by atoms with van der Waals surface area (Å²) in [4.78, 5) is 17.2. The van der Waals surface area contributed by atoms with Crippen LogP contribution < -0.4 is 5.32 Å². The molecule has 0 aromatic carbocycles. The van der Waals surface area contributed by atoms with Crippen LogP contribution in [0.4, 0.5) is 0 Å². The molecular weight excluding hydrogens is 258 g/mol. The first-order valence-electron chi connectivity index (χ1n) is 6.31. The van der Waals surface area contributed by atoms with E-state index >= 15 is 0 Å². The van der Waals surface area contributed by atoms with Gasteiger partial charge in [0.15, 0.2) is 10.3 Å². The van der Waals surface area contributed by atoms with Crippen LogP contribution >= 0.6 is 11.8 Å². The molecule has 0 unspecified atom stereocenters. The molecule has 0 spiro atoms. The van der Waals surface area contributed by atoms with Gasteiger partial charge in [-0.05, 0) is 37.6 Å². The topological polar surface area (TPSA) is 63.6 Å². The van der Waals surface area contributed by atoms with Gasteiger partial charge in [-0.15, -0.1) is 0 Å². The fourth-order valence-corrected chi connectivity index (χ4v) is 2.27. The van der Waals surface area contributed by atoms with Crippen molar-refractivity contribution in [3.63, 3.8) is 0 Å². The number of aryl methyl sites for hydroxylation is 1. The largest absolute Gasteiger partial charge is 0.310 e. The van der Waals surface area contributed by atoms with Crippen LogP contribution in [0.5, 0.6) is 0 Å². The maximum Gasteiger partial charge on any atom is 0.195 e. The lowest BCUT2D eigenvalue weighted by Crippen LogP contribution is -2.15. The third-order valence-electron chi connectivity index (χ3n) is 2.81. The standard InChI is InChI=1S/C13H15N5S/c1-9-4-5-14-13(18-9)19-12-16-7-10(8-17-12)6-15-11-2-3-11/h4-5,7-8,11,15H,2-3,6H2,1H3. The van der Waals surface area contributed by atoms with Crippen molar-refractivity contribution in [3.05, 3.63) is 35.9 Å². The normalized spacial score (nSPS) is 14.6. The maximum atomic E-state index is 4.33. The average molecular weight is 273 g/mol. The van der Waals surface area contributed by atoms with Crippen LogP contribution in [0.25, 0.3) is 0 Å². The van der Waals surface area contributed by atoms with Crippen LogP contribution in [0.1, 0.15) is 24.1 Å². The summed E-state index contributed by atoms with van der Waals surface area (Å²) < 4.78 is 0. The summed E-state index contributed by atoms with van der Waals surface area (Å²) in [6.45, 7) is 2.79. The molecule has 2 heterocycles. The van der Waals surface area contributed by atoms with Gasteiger partial charge in [-0.25, -0.2) is 19.9 Å². The highest BCUT2D eigenvalue weighted by atomic mass is 32.2. The van der Waals surface area contributed by atoms with E-state index in [0.29, 0.717) is 16.4 Å². The molecule has 19 heavy (non-hydrogen) atoms. The number of hydrogen-bond donors (Lipinski definition) is 1. The van der Waals surface area contributed by atoms with Crippen molar-refractivity contribution in [1.29, 1.82) is 0 Å². The van der Waals surface area contributed by atoms with Crippen molar-refractivity contribution in [2.75, 3.05) is 0 Å². The Labute approximate surface area is 116 Å². The maximum absolute atomic E-state index is 4.33. The predicted octanol–water partition coefficient (Wildman–Crippen LogP) is 1.98. The second-order valence-electron chi connectivity index (χ2n) is 4.61. The molecule has 2 aromatic rings. The molecule has 1 aliphatic rings. The minimum absolute atomic E-state index is 0.681. The van der Waals surface area contributed by atoms with Gasteiger partial charge in [-0.3, -0.25) is 0 Å². The number of aromatic nitrogens is 4. The number of rotatable bonds is 5. The highest BCUT2D eigenvalue weighted by Gasteiger charge is 2.19. The fraction of sp³-hybridized carbons (Fsp3) is 0.385. The van der Waals surface area contributed by atoms with Gasteiger partial charge in [0, 0.05) is 42.4 Å².